The van der Waals surface area contributed by atoms with E-state index in [0.717, 1.165) is 35.8 Å². The van der Waals surface area contributed by atoms with Crippen molar-refractivity contribution in [2.45, 2.75) is 77.6 Å². The van der Waals surface area contributed by atoms with Gasteiger partial charge in [0.2, 0.25) is 0 Å². The van der Waals surface area contributed by atoms with Crippen molar-refractivity contribution >= 4 is 12.2 Å². The fourth-order valence-corrected chi connectivity index (χ4v) is 5.75. The molecule has 0 aromatic heterocycles. The first-order chi connectivity index (χ1) is 18.1. The fourth-order valence-electron chi connectivity index (χ4n) is 5.75. The van der Waals surface area contributed by atoms with E-state index in [0.29, 0.717) is 11.5 Å². The van der Waals surface area contributed by atoms with Crippen LogP contribution >= 0.6 is 0 Å². The highest BCUT2D eigenvalue weighted by Gasteiger charge is 2.20. The highest BCUT2D eigenvalue weighted by molar-refractivity contribution is 5.70. The largest absolute Gasteiger partial charge is 0.206 e. The van der Waals surface area contributed by atoms with Gasteiger partial charge in [-0.1, -0.05) is 124 Å². The Kier molecular flexibility index (Phi) is 10.4. The molecule has 4 rings (SSSR count). The molecule has 0 bridgehead atoms. The van der Waals surface area contributed by atoms with Gasteiger partial charge in [-0.25, -0.2) is 4.39 Å². The molecule has 1 aliphatic rings. The smallest absolute Gasteiger partial charge is 0.130 e. The predicted molar refractivity (Wildman–Crippen MR) is 158 cm³/mol. The summed E-state index contributed by atoms with van der Waals surface area (Å²) >= 11 is 0. The maximum atomic E-state index is 14.8. The van der Waals surface area contributed by atoms with Crippen LogP contribution in [0, 0.1) is 17.7 Å². The average molecular weight is 495 g/mol. The lowest BCUT2D eigenvalue weighted by Gasteiger charge is -2.28. The van der Waals surface area contributed by atoms with E-state index < -0.39 is 0 Å². The van der Waals surface area contributed by atoms with Gasteiger partial charge in [-0.3, -0.25) is 0 Å². The molecule has 1 heteroatoms. The summed E-state index contributed by atoms with van der Waals surface area (Å²) in [5, 5.41) is 0. The molecule has 0 heterocycles. The van der Waals surface area contributed by atoms with Crippen molar-refractivity contribution in [1.82, 2.24) is 0 Å². The summed E-state index contributed by atoms with van der Waals surface area (Å²) in [5.74, 6) is 2.04. The second-order valence-electron chi connectivity index (χ2n) is 11.0. The van der Waals surface area contributed by atoms with Gasteiger partial charge in [-0.15, -0.1) is 0 Å². The molecule has 3 aromatic carbocycles. The first kappa shape index (κ1) is 27.1. The summed E-state index contributed by atoms with van der Waals surface area (Å²) in [5.41, 5.74) is 5.50. The van der Waals surface area contributed by atoms with E-state index in [1.54, 1.807) is 6.07 Å². The summed E-state index contributed by atoms with van der Waals surface area (Å²) in [6.45, 7) is 4.31. The molecular weight excluding hydrogens is 451 g/mol. The molecule has 1 fully saturated rings. The SMILES string of the molecule is CC=CCCC1CCC(CCc2ccc(C=Cc3ccc(C[C@@H](C)c4ccccc4)cc3F)cc2)CC1. The normalized spacial score (nSPS) is 19.0. The maximum Gasteiger partial charge on any atom is 0.130 e. The third-order valence-electron chi connectivity index (χ3n) is 8.20. The zero-order valence-corrected chi connectivity index (χ0v) is 22.7. The van der Waals surface area contributed by atoms with E-state index in [1.807, 2.05) is 24.3 Å². The topological polar surface area (TPSA) is 0 Å². The van der Waals surface area contributed by atoms with Gasteiger partial charge < -0.3 is 0 Å². The van der Waals surface area contributed by atoms with Crippen molar-refractivity contribution in [2.75, 3.05) is 0 Å². The van der Waals surface area contributed by atoms with Gasteiger partial charge in [-0.05, 0) is 85.1 Å². The second-order valence-corrected chi connectivity index (χ2v) is 11.0. The van der Waals surface area contributed by atoms with Gasteiger partial charge >= 0.3 is 0 Å². The van der Waals surface area contributed by atoms with Crippen LogP contribution in [0.25, 0.3) is 12.2 Å². The Morgan fingerprint density at radius 2 is 1.49 bits per heavy atom. The van der Waals surface area contributed by atoms with Gasteiger partial charge in [0.05, 0.1) is 0 Å². The number of hydrogen-bond donors (Lipinski definition) is 0. The third kappa shape index (κ3) is 8.56. The van der Waals surface area contributed by atoms with Crippen LogP contribution in [0.15, 0.2) is 84.9 Å². The van der Waals surface area contributed by atoms with E-state index in [1.165, 1.54) is 56.1 Å². The zero-order chi connectivity index (χ0) is 25.9. The molecule has 1 saturated carbocycles. The molecule has 0 radical (unpaired) electrons. The Balaban J connectivity index is 1.23. The second kappa shape index (κ2) is 14.1. The Morgan fingerprint density at radius 1 is 0.811 bits per heavy atom. The molecule has 37 heavy (non-hydrogen) atoms. The quantitative estimate of drug-likeness (QED) is 0.184. The highest BCUT2D eigenvalue weighted by Crippen LogP contribution is 2.34. The molecule has 0 amide bonds. The van der Waals surface area contributed by atoms with Gasteiger partial charge in [0.25, 0.3) is 0 Å². The Labute approximate surface area is 224 Å². The van der Waals surface area contributed by atoms with Gasteiger partial charge in [0.15, 0.2) is 0 Å². The minimum atomic E-state index is -0.151. The van der Waals surface area contributed by atoms with E-state index in [9.17, 15) is 4.39 Å². The Bertz CT molecular complexity index is 1130. The predicted octanol–water partition coefficient (Wildman–Crippen LogP) is 10.4. The van der Waals surface area contributed by atoms with Crippen LogP contribution in [0.2, 0.25) is 0 Å². The van der Waals surface area contributed by atoms with Gasteiger partial charge in [0.1, 0.15) is 5.82 Å². The summed E-state index contributed by atoms with van der Waals surface area (Å²) < 4.78 is 14.8. The molecule has 1 atom stereocenters. The molecule has 3 aromatic rings. The lowest BCUT2D eigenvalue weighted by molar-refractivity contribution is 0.254. The van der Waals surface area contributed by atoms with Crippen LogP contribution in [-0.2, 0) is 12.8 Å². The summed E-state index contributed by atoms with van der Waals surface area (Å²) in [6, 6.07) is 24.9. The van der Waals surface area contributed by atoms with Crippen LogP contribution in [-0.4, -0.2) is 0 Å². The first-order valence-corrected chi connectivity index (χ1v) is 14.3. The summed E-state index contributed by atoms with van der Waals surface area (Å²) in [6.07, 6.45) is 19.9. The van der Waals surface area contributed by atoms with Crippen LogP contribution in [0.5, 0.6) is 0 Å². The minimum Gasteiger partial charge on any atom is -0.206 e. The summed E-state index contributed by atoms with van der Waals surface area (Å²) in [7, 11) is 0. The molecular formula is C36H43F. The maximum absolute atomic E-state index is 14.8. The van der Waals surface area contributed by atoms with Gasteiger partial charge in [0, 0.05) is 5.56 Å². The molecule has 0 spiro atoms. The molecule has 0 aliphatic heterocycles. The highest BCUT2D eigenvalue weighted by atomic mass is 19.1. The molecule has 0 nitrogen and oxygen atoms in total. The van der Waals surface area contributed by atoms with Crippen LogP contribution < -0.4 is 0 Å². The van der Waals surface area contributed by atoms with Crippen molar-refractivity contribution in [3.63, 3.8) is 0 Å². The number of hydrogen-bond acceptors (Lipinski definition) is 0. The molecule has 0 saturated heterocycles. The average Bonchev–Trinajstić information content (AvgIpc) is 2.93. The number of aryl methyl sites for hydroxylation is 1. The van der Waals surface area contributed by atoms with Crippen LogP contribution in [0.3, 0.4) is 0 Å². The standard InChI is InChI=1S/C36H43F/c1-3-4-6-9-29-12-14-30(15-13-29)16-17-31-18-20-32(21-19-31)22-24-35-25-23-33(27-36(35)37)26-28(2)34-10-7-5-8-11-34/h3-5,7-8,10-11,18-25,27-30H,6,9,12-17,26H2,1-2H3/t28-,29?,30?/m1/s1. The number of allylic oxidation sites excluding steroid dienone is 2. The first-order valence-electron chi connectivity index (χ1n) is 14.3. The van der Waals surface area contributed by atoms with Crippen molar-refractivity contribution in [3.8, 4) is 0 Å². The molecule has 194 valence electrons. The van der Waals surface area contributed by atoms with Crippen molar-refractivity contribution < 1.29 is 4.39 Å². The number of rotatable bonds is 11. The molecule has 0 N–H and O–H groups in total. The van der Waals surface area contributed by atoms with Crippen molar-refractivity contribution in [1.29, 1.82) is 0 Å². The minimum absolute atomic E-state index is 0.151. The Hall–Kier alpha value is -2.93. The van der Waals surface area contributed by atoms with Crippen molar-refractivity contribution in [3.05, 3.63) is 119 Å². The summed E-state index contributed by atoms with van der Waals surface area (Å²) in [4.78, 5) is 0. The van der Waals surface area contributed by atoms with Gasteiger partial charge in [-0.2, -0.15) is 0 Å². The van der Waals surface area contributed by atoms with E-state index >= 15 is 0 Å². The monoisotopic (exact) mass is 494 g/mol. The number of benzene rings is 3. The third-order valence-corrected chi connectivity index (χ3v) is 8.20. The number of halogens is 1. The van der Waals surface area contributed by atoms with Crippen molar-refractivity contribution in [2.24, 2.45) is 11.8 Å². The van der Waals surface area contributed by atoms with E-state index in [4.69, 9.17) is 0 Å². The van der Waals surface area contributed by atoms with Crippen LogP contribution in [0.1, 0.15) is 92.5 Å². The molecule has 1 aliphatic carbocycles. The lowest BCUT2D eigenvalue weighted by atomic mass is 9.78. The zero-order valence-electron chi connectivity index (χ0n) is 22.7. The Morgan fingerprint density at radius 3 is 2.16 bits per heavy atom. The molecule has 0 unspecified atom stereocenters. The fraction of sp³-hybridized carbons (Fsp3) is 0.389. The van der Waals surface area contributed by atoms with E-state index in [-0.39, 0.29) is 5.82 Å². The van der Waals surface area contributed by atoms with E-state index in [2.05, 4.69) is 80.6 Å². The lowest BCUT2D eigenvalue weighted by Crippen LogP contribution is -2.15. The van der Waals surface area contributed by atoms with Crippen LogP contribution in [0.4, 0.5) is 4.39 Å².